The molecule has 0 saturated heterocycles. The van der Waals surface area contributed by atoms with E-state index in [1.54, 1.807) is 13.8 Å². The lowest BCUT2D eigenvalue weighted by Crippen LogP contribution is -2.29. The molecule has 1 amide bonds. The van der Waals surface area contributed by atoms with Crippen molar-refractivity contribution in [2.24, 2.45) is 5.73 Å². The number of nitrogens with zero attached hydrogens (tertiary/aromatic N) is 1. The second kappa shape index (κ2) is 5.79. The van der Waals surface area contributed by atoms with Crippen LogP contribution in [-0.2, 0) is 14.4 Å². The molecule has 0 spiro atoms. The zero-order valence-corrected chi connectivity index (χ0v) is 9.07. The summed E-state index contributed by atoms with van der Waals surface area (Å²) in [7, 11) is 0. The highest BCUT2D eigenvalue weighted by molar-refractivity contribution is 5.86. The van der Waals surface area contributed by atoms with Crippen molar-refractivity contribution >= 4 is 17.8 Å². The predicted molar refractivity (Wildman–Crippen MR) is 53.1 cm³/mol. The van der Waals surface area contributed by atoms with Crippen molar-refractivity contribution in [3.8, 4) is 0 Å². The van der Waals surface area contributed by atoms with Crippen LogP contribution in [0.1, 0.15) is 20.8 Å². The molecule has 0 aromatic heterocycles. The summed E-state index contributed by atoms with van der Waals surface area (Å²) in [5.74, 6) is -0.561. The smallest absolute Gasteiger partial charge is 0.398 e. The molecule has 0 aliphatic carbocycles. The molecule has 0 atom stereocenters. The molecule has 0 aromatic rings. The molecule has 6 nitrogen and oxygen atoms in total. The predicted octanol–water partition coefficient (Wildman–Crippen LogP) is 0.567. The molecule has 0 aromatic carbocycles. The third-order valence-corrected chi connectivity index (χ3v) is 1.36. The molecular weight excluding hydrogens is 200 g/mol. The fourth-order valence-corrected chi connectivity index (χ4v) is 0.596. The Morgan fingerprint density at radius 2 is 1.87 bits per heavy atom. The van der Waals surface area contributed by atoms with Gasteiger partial charge in [0.15, 0.2) is 0 Å². The lowest BCUT2D eigenvalue weighted by molar-refractivity contribution is -0.778. The number of hydrogen-bond acceptors (Lipinski definition) is 4. The van der Waals surface area contributed by atoms with Crippen LogP contribution in [0.2, 0.25) is 0 Å². The average Bonchev–Trinajstić information content (AvgIpc) is 2.10. The monoisotopic (exact) mass is 215 g/mol. The van der Waals surface area contributed by atoms with Crippen LogP contribution in [0.4, 0.5) is 4.79 Å². The number of esters is 1. The summed E-state index contributed by atoms with van der Waals surface area (Å²) >= 11 is 0. The van der Waals surface area contributed by atoms with Crippen molar-refractivity contribution in [3.05, 3.63) is 12.2 Å². The molecule has 0 fully saturated rings. The molecule has 0 aliphatic rings. The molecule has 0 bridgehead atoms. The first-order valence-electron chi connectivity index (χ1n) is 4.22. The van der Waals surface area contributed by atoms with Gasteiger partial charge in [-0.1, -0.05) is 6.58 Å². The average molecular weight is 215 g/mol. The highest BCUT2D eigenvalue weighted by Gasteiger charge is 2.16. The van der Waals surface area contributed by atoms with Crippen LogP contribution in [-0.4, -0.2) is 29.2 Å². The van der Waals surface area contributed by atoms with Crippen molar-refractivity contribution < 1.29 is 23.9 Å². The largest absolute Gasteiger partial charge is 0.472 e. The first kappa shape index (κ1) is 13.2. The summed E-state index contributed by atoms with van der Waals surface area (Å²) in [5.41, 5.74) is 5.72. The Labute approximate surface area is 87.9 Å². The maximum atomic E-state index is 11.0. The van der Waals surface area contributed by atoms with Gasteiger partial charge in [-0.05, 0) is 6.92 Å². The minimum atomic E-state index is -0.970. The maximum absolute atomic E-state index is 11.0. The van der Waals surface area contributed by atoms with E-state index in [0.717, 1.165) is 4.74 Å². The summed E-state index contributed by atoms with van der Waals surface area (Å²) in [6, 6.07) is 0. The lowest BCUT2D eigenvalue weighted by atomic mass is 10.4. The summed E-state index contributed by atoms with van der Waals surface area (Å²) in [4.78, 5) is 26.1. The zero-order valence-electron chi connectivity index (χ0n) is 9.07. The van der Waals surface area contributed by atoms with Gasteiger partial charge < -0.3 is 10.5 Å². The molecule has 0 saturated carbocycles. The highest BCUT2D eigenvalue weighted by atomic mass is 16.7. The van der Waals surface area contributed by atoms with E-state index in [9.17, 15) is 9.59 Å². The van der Waals surface area contributed by atoms with Crippen LogP contribution in [0.5, 0.6) is 0 Å². The van der Waals surface area contributed by atoms with Crippen LogP contribution in [0.25, 0.3) is 0 Å². The van der Waals surface area contributed by atoms with Gasteiger partial charge in [-0.2, -0.15) is 4.84 Å². The molecule has 0 radical (unpaired) electrons. The van der Waals surface area contributed by atoms with E-state index in [-0.39, 0.29) is 12.3 Å². The minimum Gasteiger partial charge on any atom is -0.398 e. The summed E-state index contributed by atoms with van der Waals surface area (Å²) < 4.78 is 5.83. The van der Waals surface area contributed by atoms with Crippen molar-refractivity contribution in [1.82, 2.24) is 0 Å². The first-order chi connectivity index (χ1) is 6.84. The van der Waals surface area contributed by atoms with Crippen molar-refractivity contribution in [3.63, 3.8) is 0 Å². The van der Waals surface area contributed by atoms with Gasteiger partial charge in [0, 0.05) is 24.2 Å². The minimum absolute atomic E-state index is 0.211. The molecule has 84 valence electrons. The summed E-state index contributed by atoms with van der Waals surface area (Å²) in [6.07, 6.45) is -0.970. The van der Waals surface area contributed by atoms with Gasteiger partial charge in [0.05, 0.1) is 0 Å². The van der Waals surface area contributed by atoms with E-state index < -0.39 is 12.1 Å². The molecule has 2 N–H and O–H groups in total. The maximum Gasteiger partial charge on any atom is 0.472 e. The molecule has 0 rings (SSSR count). The van der Waals surface area contributed by atoms with E-state index in [2.05, 4.69) is 11.4 Å². The van der Waals surface area contributed by atoms with E-state index in [0.29, 0.717) is 5.71 Å². The molecule has 0 heterocycles. The number of carbonyl (C=O) groups is 2. The summed E-state index contributed by atoms with van der Waals surface area (Å²) in [5, 5.41) is 0. The van der Waals surface area contributed by atoms with E-state index in [4.69, 9.17) is 10.5 Å². The van der Waals surface area contributed by atoms with Crippen LogP contribution in [0, 0.1) is 0 Å². The molecule has 15 heavy (non-hydrogen) atoms. The molecule has 6 heteroatoms. The SMILES string of the molecule is C=C(C)C(=O)OC[N+](OC(N)=O)=C(C)C. The number of nitrogens with two attached hydrogens (primary N) is 1. The Morgan fingerprint density at radius 3 is 2.20 bits per heavy atom. The van der Waals surface area contributed by atoms with Crippen molar-refractivity contribution in [2.45, 2.75) is 20.8 Å². The molecule has 0 unspecified atom stereocenters. The number of hydrogen-bond donors (Lipinski definition) is 1. The van der Waals surface area contributed by atoms with Crippen molar-refractivity contribution in [1.29, 1.82) is 0 Å². The Morgan fingerprint density at radius 1 is 1.33 bits per heavy atom. The third kappa shape index (κ3) is 5.45. The first-order valence-corrected chi connectivity index (χ1v) is 4.22. The third-order valence-electron chi connectivity index (χ3n) is 1.36. The van der Waals surface area contributed by atoms with Crippen LogP contribution < -0.4 is 5.73 Å². The van der Waals surface area contributed by atoms with Gasteiger partial charge in [0.25, 0.3) is 0 Å². The molecule has 0 aliphatic heterocycles. The Balaban J connectivity index is 4.34. The Hall–Kier alpha value is -1.85. The quantitative estimate of drug-likeness (QED) is 0.141. The van der Waals surface area contributed by atoms with Gasteiger partial charge in [-0.3, -0.25) is 0 Å². The molecular formula is C9H15N2O4+. The highest BCUT2D eigenvalue weighted by Crippen LogP contribution is 1.93. The van der Waals surface area contributed by atoms with Gasteiger partial charge in [0.1, 0.15) is 0 Å². The standard InChI is InChI=1S/C9H14N2O4/c1-6(2)8(12)14-5-11(7(3)4)15-9(10)13/h1,5H2,2-4H3,(H-,10,13)/p+1. The fourth-order valence-electron chi connectivity index (χ4n) is 0.596. The van der Waals surface area contributed by atoms with Gasteiger partial charge in [-0.15, -0.1) is 0 Å². The summed E-state index contributed by atoms with van der Waals surface area (Å²) in [6.45, 7) is 8.07. The van der Waals surface area contributed by atoms with Crippen LogP contribution >= 0.6 is 0 Å². The number of rotatable bonds is 4. The number of primary amides is 1. The van der Waals surface area contributed by atoms with E-state index in [1.165, 1.54) is 6.92 Å². The number of hydroxylamine groups is 1. The van der Waals surface area contributed by atoms with Gasteiger partial charge in [0.2, 0.25) is 5.71 Å². The fraction of sp³-hybridized carbons (Fsp3) is 0.444. The van der Waals surface area contributed by atoms with Crippen LogP contribution in [0.3, 0.4) is 0 Å². The Kier molecular flexibility index (Phi) is 5.08. The van der Waals surface area contributed by atoms with Crippen molar-refractivity contribution in [2.75, 3.05) is 6.73 Å². The van der Waals surface area contributed by atoms with Gasteiger partial charge in [-0.25, -0.2) is 9.59 Å². The lowest BCUT2D eigenvalue weighted by Gasteiger charge is -2.02. The number of amides is 1. The topological polar surface area (TPSA) is 81.6 Å². The second-order valence-corrected chi connectivity index (χ2v) is 3.08. The normalized spacial score (nSPS) is 9.00. The Bertz CT molecular complexity index is 316. The number of carbonyl (C=O) groups excluding carboxylic acids is 2. The van der Waals surface area contributed by atoms with Crippen LogP contribution in [0.15, 0.2) is 12.2 Å². The van der Waals surface area contributed by atoms with E-state index >= 15 is 0 Å². The second-order valence-electron chi connectivity index (χ2n) is 3.08. The zero-order chi connectivity index (χ0) is 12.0. The van der Waals surface area contributed by atoms with E-state index in [1.807, 2.05) is 0 Å². The van der Waals surface area contributed by atoms with Gasteiger partial charge >= 0.3 is 18.8 Å². The number of ether oxygens (including phenoxy) is 1.